The zero-order valence-corrected chi connectivity index (χ0v) is 18.1. The van der Waals surface area contributed by atoms with Crippen LogP contribution >= 0.6 is 34.4 Å². The molecule has 5 rings (SSSR count). The minimum atomic E-state index is 0.0104. The number of rotatable bonds is 5. The molecule has 1 atom stereocenters. The van der Waals surface area contributed by atoms with E-state index in [0.29, 0.717) is 22.5 Å². The van der Waals surface area contributed by atoms with Gasteiger partial charge in [0, 0.05) is 23.3 Å². The van der Waals surface area contributed by atoms with Gasteiger partial charge in [0.1, 0.15) is 0 Å². The smallest absolute Gasteiger partial charge is 0.233 e. The summed E-state index contributed by atoms with van der Waals surface area (Å²) in [4.78, 5) is 17.8. The van der Waals surface area contributed by atoms with Crippen LogP contribution in [0.5, 0.6) is 0 Å². The molecule has 0 saturated carbocycles. The molecule has 4 aromatic rings. The quantitative estimate of drug-likeness (QED) is 0.427. The molecule has 0 saturated heterocycles. The van der Waals surface area contributed by atoms with Crippen molar-refractivity contribution in [3.05, 3.63) is 62.7 Å². The average Bonchev–Trinajstić information content (AvgIpc) is 3.53. The van der Waals surface area contributed by atoms with Gasteiger partial charge in [0.15, 0.2) is 16.7 Å². The molecule has 0 spiro atoms. The van der Waals surface area contributed by atoms with E-state index < -0.39 is 0 Å². The minimum absolute atomic E-state index is 0.0104. The molecule has 4 aromatic heterocycles. The number of thiophene rings is 2. The van der Waals surface area contributed by atoms with Crippen LogP contribution in [0, 0.1) is 0 Å². The van der Waals surface area contributed by atoms with Crippen LogP contribution in [0.15, 0.2) is 56.9 Å². The van der Waals surface area contributed by atoms with Gasteiger partial charge in [-0.3, -0.25) is 4.79 Å². The Hall–Kier alpha value is -2.36. The second-order valence-corrected chi connectivity index (χ2v) is 9.61. The number of furan rings is 1. The van der Waals surface area contributed by atoms with Gasteiger partial charge in [-0.2, -0.15) is 0 Å². The largest absolute Gasteiger partial charge is 0.461 e. The van der Waals surface area contributed by atoms with Crippen molar-refractivity contribution < 1.29 is 9.21 Å². The van der Waals surface area contributed by atoms with Gasteiger partial charge in [-0.1, -0.05) is 17.8 Å². The third-order valence-electron chi connectivity index (χ3n) is 5.00. The molecule has 0 aromatic carbocycles. The Balaban J connectivity index is 1.34. The number of nitrogens with zero attached hydrogens (tertiary/aromatic N) is 4. The minimum Gasteiger partial charge on any atom is -0.461 e. The van der Waals surface area contributed by atoms with E-state index in [1.54, 1.807) is 28.9 Å². The fourth-order valence-corrected chi connectivity index (χ4v) is 6.16. The van der Waals surface area contributed by atoms with E-state index in [1.807, 2.05) is 34.7 Å². The lowest BCUT2D eigenvalue weighted by molar-refractivity contribution is -0.130. The topological polar surface area (TPSA) is 64.2 Å². The van der Waals surface area contributed by atoms with Crippen LogP contribution in [0.25, 0.3) is 11.6 Å². The average molecular weight is 443 g/mol. The van der Waals surface area contributed by atoms with E-state index in [1.165, 1.54) is 27.1 Å². The maximum absolute atomic E-state index is 13.2. The summed E-state index contributed by atoms with van der Waals surface area (Å²) < 4.78 is 7.27. The summed E-state index contributed by atoms with van der Waals surface area (Å²) in [6, 6.07) is 10.0. The molecule has 1 aliphatic heterocycles. The molecule has 0 N–H and O–H groups in total. The number of amides is 1. The number of thioether (sulfide) groups is 1. The number of hydrogen-bond donors (Lipinski definition) is 0. The summed E-state index contributed by atoms with van der Waals surface area (Å²) in [7, 11) is 1.89. The van der Waals surface area contributed by atoms with Crippen LogP contribution in [0.2, 0.25) is 0 Å². The lowest BCUT2D eigenvalue weighted by Crippen LogP contribution is -2.40. The zero-order valence-electron chi connectivity index (χ0n) is 15.6. The van der Waals surface area contributed by atoms with E-state index >= 15 is 0 Å². The Labute approximate surface area is 180 Å². The molecule has 0 bridgehead atoms. The number of aromatic nitrogens is 3. The van der Waals surface area contributed by atoms with Crippen LogP contribution < -0.4 is 0 Å². The molecule has 1 amide bonds. The van der Waals surface area contributed by atoms with Crippen molar-refractivity contribution in [3.8, 4) is 11.6 Å². The molecule has 0 radical (unpaired) electrons. The van der Waals surface area contributed by atoms with Crippen LogP contribution in [0.4, 0.5) is 0 Å². The molecule has 148 valence electrons. The third kappa shape index (κ3) is 3.43. The summed E-state index contributed by atoms with van der Waals surface area (Å²) >= 11 is 4.90. The SMILES string of the molecule is Cn1c(SCC(=O)N2CCc3sccc3C2c2cccs2)nnc1-c1ccco1. The van der Waals surface area contributed by atoms with Gasteiger partial charge >= 0.3 is 0 Å². The Morgan fingerprint density at radius 2 is 2.17 bits per heavy atom. The summed E-state index contributed by atoms with van der Waals surface area (Å²) in [5.41, 5.74) is 1.26. The van der Waals surface area contributed by atoms with Crippen LogP contribution in [-0.2, 0) is 18.3 Å². The van der Waals surface area contributed by atoms with Crippen LogP contribution in [0.3, 0.4) is 0 Å². The van der Waals surface area contributed by atoms with E-state index in [0.717, 1.165) is 13.0 Å². The van der Waals surface area contributed by atoms with E-state index in [9.17, 15) is 4.79 Å². The Bertz CT molecular complexity index is 1110. The van der Waals surface area contributed by atoms with Crippen molar-refractivity contribution >= 4 is 40.3 Å². The molecule has 0 fully saturated rings. The van der Waals surface area contributed by atoms with Crippen LogP contribution in [-0.4, -0.2) is 37.9 Å². The molecular formula is C20H18N4O2S3. The third-order valence-corrected chi connectivity index (χ3v) is 7.93. The molecule has 9 heteroatoms. The van der Waals surface area contributed by atoms with Crippen molar-refractivity contribution in [1.82, 2.24) is 19.7 Å². The fraction of sp³-hybridized carbons (Fsp3) is 0.250. The van der Waals surface area contributed by atoms with E-state index in [4.69, 9.17) is 4.42 Å². The fourth-order valence-electron chi connectivity index (χ4n) is 3.61. The first-order chi connectivity index (χ1) is 14.2. The maximum atomic E-state index is 13.2. The zero-order chi connectivity index (χ0) is 19.8. The van der Waals surface area contributed by atoms with Gasteiger partial charge in [-0.05, 0) is 47.0 Å². The summed E-state index contributed by atoms with van der Waals surface area (Å²) in [5, 5.41) is 13.3. The Kier molecular flexibility index (Phi) is 5.03. The Morgan fingerprint density at radius 3 is 2.97 bits per heavy atom. The molecule has 1 aliphatic rings. The highest BCUT2D eigenvalue weighted by molar-refractivity contribution is 7.99. The van der Waals surface area contributed by atoms with Crippen molar-refractivity contribution in [3.63, 3.8) is 0 Å². The van der Waals surface area contributed by atoms with Crippen molar-refractivity contribution in [2.45, 2.75) is 17.6 Å². The Morgan fingerprint density at radius 1 is 1.24 bits per heavy atom. The normalized spacial score (nSPS) is 16.2. The molecular weight excluding hydrogens is 424 g/mol. The van der Waals surface area contributed by atoms with Gasteiger partial charge in [0.25, 0.3) is 0 Å². The number of carbonyl (C=O) groups is 1. The number of carbonyl (C=O) groups excluding carboxylic acids is 1. The highest BCUT2D eigenvalue weighted by atomic mass is 32.2. The summed E-state index contributed by atoms with van der Waals surface area (Å²) in [6.07, 6.45) is 2.53. The van der Waals surface area contributed by atoms with Crippen molar-refractivity contribution in [1.29, 1.82) is 0 Å². The molecule has 5 heterocycles. The van der Waals surface area contributed by atoms with Gasteiger partial charge in [-0.15, -0.1) is 32.9 Å². The highest BCUT2D eigenvalue weighted by Crippen LogP contribution is 2.39. The molecule has 6 nitrogen and oxygen atoms in total. The second-order valence-electron chi connectivity index (χ2n) is 6.69. The summed E-state index contributed by atoms with van der Waals surface area (Å²) in [5.74, 6) is 1.76. The first-order valence-electron chi connectivity index (χ1n) is 9.17. The van der Waals surface area contributed by atoms with Gasteiger partial charge in [0.05, 0.1) is 18.1 Å². The summed E-state index contributed by atoms with van der Waals surface area (Å²) in [6.45, 7) is 0.742. The second kappa shape index (κ2) is 7.81. The molecule has 29 heavy (non-hydrogen) atoms. The van der Waals surface area contributed by atoms with Crippen molar-refractivity contribution in [2.24, 2.45) is 7.05 Å². The monoisotopic (exact) mass is 442 g/mol. The standard InChI is InChI=1S/C20H18N4O2S3/c1-23-19(14-4-2-9-26-14)21-22-20(23)29-12-17(25)24-8-6-15-13(7-11-28-15)18(24)16-5-3-10-27-16/h2-5,7,9-11,18H,6,8,12H2,1H3. The predicted octanol–water partition coefficient (Wildman–Crippen LogP) is 4.46. The first-order valence-corrected chi connectivity index (χ1v) is 11.9. The molecule has 1 unspecified atom stereocenters. The number of fused-ring (bicyclic) bond motifs is 1. The highest BCUT2D eigenvalue weighted by Gasteiger charge is 2.33. The lowest BCUT2D eigenvalue weighted by Gasteiger charge is -2.35. The lowest BCUT2D eigenvalue weighted by atomic mass is 9.98. The van der Waals surface area contributed by atoms with Gasteiger partial charge in [0.2, 0.25) is 5.91 Å². The predicted molar refractivity (Wildman–Crippen MR) is 115 cm³/mol. The van der Waals surface area contributed by atoms with Crippen molar-refractivity contribution in [2.75, 3.05) is 12.3 Å². The van der Waals surface area contributed by atoms with E-state index in [2.05, 4.69) is 33.1 Å². The number of hydrogen-bond acceptors (Lipinski definition) is 7. The van der Waals surface area contributed by atoms with Gasteiger partial charge in [-0.25, -0.2) is 0 Å². The first kappa shape index (κ1) is 18.7. The van der Waals surface area contributed by atoms with Crippen LogP contribution in [0.1, 0.15) is 21.4 Å². The van der Waals surface area contributed by atoms with E-state index in [-0.39, 0.29) is 11.9 Å². The van der Waals surface area contributed by atoms with Gasteiger partial charge < -0.3 is 13.9 Å². The molecule has 0 aliphatic carbocycles. The maximum Gasteiger partial charge on any atom is 0.233 e.